The van der Waals surface area contributed by atoms with Gasteiger partial charge in [0, 0.05) is 6.42 Å². The fraction of sp³-hybridized carbons (Fsp3) is 0.333. The number of aromatic nitrogens is 2. The monoisotopic (exact) mass is 201 g/mol. The van der Waals surface area contributed by atoms with Crippen molar-refractivity contribution in [3.05, 3.63) is 12.0 Å². The van der Waals surface area contributed by atoms with Gasteiger partial charge in [-0.05, 0) is 0 Å². The van der Waals surface area contributed by atoms with E-state index in [9.17, 15) is 13.2 Å². The summed E-state index contributed by atoms with van der Waals surface area (Å²) in [4.78, 5) is 16.0. The molecule has 13 heavy (non-hydrogen) atoms. The maximum atomic E-state index is 11.1. The lowest BCUT2D eigenvalue weighted by Gasteiger charge is -1.88. The Bertz CT molecular complexity index is 441. The molecule has 0 fully saturated rings. The van der Waals surface area contributed by atoms with Gasteiger partial charge in [-0.25, -0.2) is 9.78 Å². The minimum absolute atomic E-state index is 0.187. The van der Waals surface area contributed by atoms with Crippen molar-refractivity contribution >= 4 is 16.1 Å². The zero-order valence-corrected chi connectivity index (χ0v) is 7.63. The number of imidazole rings is 1. The molecule has 0 aliphatic heterocycles. The van der Waals surface area contributed by atoms with Gasteiger partial charge in [-0.1, -0.05) is 11.3 Å². The standard InChI is InChI=1S/C6H7N3O3S/c1-2-5-7-3-6(9-5)13(11,12)8-4-10/h3H,2H2,1H3,(H,7,9). The lowest BCUT2D eigenvalue weighted by atomic mass is 10.5. The second kappa shape index (κ2) is 3.51. The molecule has 0 saturated carbocycles. The molecule has 0 amide bonds. The first-order valence-corrected chi connectivity index (χ1v) is 4.92. The Morgan fingerprint density at radius 1 is 1.69 bits per heavy atom. The van der Waals surface area contributed by atoms with Crippen LogP contribution in [-0.4, -0.2) is 24.5 Å². The highest BCUT2D eigenvalue weighted by atomic mass is 32.2. The molecular weight excluding hydrogens is 194 g/mol. The largest absolute Gasteiger partial charge is 0.331 e. The van der Waals surface area contributed by atoms with Crippen LogP contribution in [0.1, 0.15) is 12.7 Å². The van der Waals surface area contributed by atoms with Crippen LogP contribution in [0.4, 0.5) is 0 Å². The summed E-state index contributed by atoms with van der Waals surface area (Å²) in [6.45, 7) is 1.82. The number of hydrogen-bond acceptors (Lipinski definition) is 4. The third kappa shape index (κ3) is 2.01. The third-order valence-corrected chi connectivity index (χ3v) is 2.45. The van der Waals surface area contributed by atoms with Crippen molar-refractivity contribution in [3.8, 4) is 0 Å². The molecule has 0 aromatic carbocycles. The van der Waals surface area contributed by atoms with E-state index >= 15 is 0 Å². The maximum Gasteiger partial charge on any atom is 0.309 e. The number of nitrogens with zero attached hydrogens (tertiary/aromatic N) is 2. The van der Waals surface area contributed by atoms with Gasteiger partial charge in [-0.15, -0.1) is 0 Å². The van der Waals surface area contributed by atoms with E-state index in [1.807, 2.05) is 6.92 Å². The first-order chi connectivity index (χ1) is 6.10. The number of rotatable bonds is 3. The number of aromatic amines is 1. The number of carbonyl (C=O) groups excluding carboxylic acids is 1. The van der Waals surface area contributed by atoms with Crippen molar-refractivity contribution < 1.29 is 13.2 Å². The van der Waals surface area contributed by atoms with E-state index in [-0.39, 0.29) is 5.03 Å². The maximum absolute atomic E-state index is 11.1. The van der Waals surface area contributed by atoms with E-state index in [1.54, 1.807) is 0 Å². The van der Waals surface area contributed by atoms with Gasteiger partial charge in [0.2, 0.25) is 0 Å². The van der Waals surface area contributed by atoms with Crippen LogP contribution in [0.5, 0.6) is 0 Å². The summed E-state index contributed by atoms with van der Waals surface area (Å²) in [5.74, 6) is 0.527. The third-order valence-electron chi connectivity index (χ3n) is 1.38. The van der Waals surface area contributed by atoms with Crippen molar-refractivity contribution in [3.63, 3.8) is 0 Å². The summed E-state index contributed by atoms with van der Waals surface area (Å²) >= 11 is 0. The summed E-state index contributed by atoms with van der Waals surface area (Å²) in [5.41, 5.74) is 0. The Balaban J connectivity index is 3.15. The van der Waals surface area contributed by atoms with E-state index < -0.39 is 10.0 Å². The summed E-state index contributed by atoms with van der Waals surface area (Å²) in [6, 6.07) is 0. The van der Waals surface area contributed by atoms with Crippen LogP contribution >= 0.6 is 0 Å². The topological polar surface area (TPSA) is 92.2 Å². The highest BCUT2D eigenvalue weighted by Gasteiger charge is 2.15. The Kier molecular flexibility index (Phi) is 2.60. The van der Waals surface area contributed by atoms with Gasteiger partial charge in [0.15, 0.2) is 5.03 Å². The highest BCUT2D eigenvalue weighted by Crippen LogP contribution is 2.08. The Morgan fingerprint density at radius 2 is 2.38 bits per heavy atom. The van der Waals surface area contributed by atoms with Gasteiger partial charge in [-0.3, -0.25) is 0 Å². The van der Waals surface area contributed by atoms with Gasteiger partial charge in [0.1, 0.15) is 5.82 Å². The van der Waals surface area contributed by atoms with Crippen molar-refractivity contribution in [1.29, 1.82) is 0 Å². The summed E-state index contributed by atoms with van der Waals surface area (Å²) < 4.78 is 24.8. The first kappa shape index (κ1) is 9.63. The Labute approximate surface area is 74.8 Å². The molecule has 0 aliphatic rings. The fourth-order valence-electron chi connectivity index (χ4n) is 0.752. The predicted octanol–water partition coefficient (Wildman–Crippen LogP) is -0.00340. The Morgan fingerprint density at radius 3 is 2.85 bits per heavy atom. The number of hydrogen-bond donors (Lipinski definition) is 1. The van der Waals surface area contributed by atoms with E-state index in [4.69, 9.17) is 0 Å². The lowest BCUT2D eigenvalue weighted by Crippen LogP contribution is -1.96. The molecule has 6 nitrogen and oxygen atoms in total. The van der Waals surface area contributed by atoms with Crippen LogP contribution in [0, 0.1) is 0 Å². The second-order valence-electron chi connectivity index (χ2n) is 2.21. The minimum Gasteiger partial charge on any atom is -0.331 e. The molecule has 70 valence electrons. The van der Waals surface area contributed by atoms with Crippen molar-refractivity contribution in [2.75, 3.05) is 0 Å². The van der Waals surface area contributed by atoms with Crippen molar-refractivity contribution in [2.24, 2.45) is 4.40 Å². The van der Waals surface area contributed by atoms with Crippen LogP contribution in [0.2, 0.25) is 0 Å². The van der Waals surface area contributed by atoms with Crippen molar-refractivity contribution in [1.82, 2.24) is 9.97 Å². The average Bonchev–Trinajstić information content (AvgIpc) is 2.52. The zero-order valence-electron chi connectivity index (χ0n) is 6.81. The number of sulfonamides is 1. The van der Waals surface area contributed by atoms with Crippen LogP contribution in [0.25, 0.3) is 0 Å². The number of H-pyrrole nitrogens is 1. The molecule has 0 unspecified atom stereocenters. The molecule has 1 N–H and O–H groups in total. The molecule has 0 bridgehead atoms. The van der Waals surface area contributed by atoms with Gasteiger partial charge in [0.25, 0.3) is 6.08 Å². The fourth-order valence-corrected chi connectivity index (χ4v) is 1.38. The molecule has 1 heterocycles. The molecule has 0 spiro atoms. The molecule has 0 radical (unpaired) electrons. The molecular formula is C6H7N3O3S. The molecule has 1 aromatic rings. The SMILES string of the molecule is CCc1ncc(S(=O)(=O)N=C=O)[nH]1. The normalized spacial score (nSPS) is 10.8. The smallest absolute Gasteiger partial charge is 0.309 e. The van der Waals surface area contributed by atoms with E-state index in [0.717, 1.165) is 12.3 Å². The number of nitrogens with one attached hydrogen (secondary N) is 1. The average molecular weight is 201 g/mol. The van der Waals surface area contributed by atoms with Crippen LogP contribution in [-0.2, 0) is 21.2 Å². The summed E-state index contributed by atoms with van der Waals surface area (Å²) in [7, 11) is -3.92. The first-order valence-electron chi connectivity index (χ1n) is 3.48. The molecule has 0 saturated heterocycles. The lowest BCUT2D eigenvalue weighted by molar-refractivity contribution is 0.563. The zero-order chi connectivity index (χ0) is 9.90. The summed E-state index contributed by atoms with van der Waals surface area (Å²) in [6.07, 6.45) is 2.68. The number of aryl methyl sites for hydroxylation is 1. The predicted molar refractivity (Wildman–Crippen MR) is 43.3 cm³/mol. The van der Waals surface area contributed by atoms with Crippen LogP contribution in [0.3, 0.4) is 0 Å². The van der Waals surface area contributed by atoms with Gasteiger partial charge in [-0.2, -0.15) is 8.42 Å². The quantitative estimate of drug-likeness (QED) is 0.550. The minimum atomic E-state index is -3.92. The highest BCUT2D eigenvalue weighted by molar-refractivity contribution is 7.90. The van der Waals surface area contributed by atoms with Crippen LogP contribution in [0.15, 0.2) is 15.6 Å². The van der Waals surface area contributed by atoms with Gasteiger partial charge >= 0.3 is 10.0 Å². The second-order valence-corrected chi connectivity index (χ2v) is 3.78. The number of isocyanates is 1. The van der Waals surface area contributed by atoms with Gasteiger partial charge < -0.3 is 4.98 Å². The molecule has 1 aromatic heterocycles. The molecule has 1 rings (SSSR count). The molecule has 7 heteroatoms. The van der Waals surface area contributed by atoms with E-state index in [1.165, 1.54) is 0 Å². The van der Waals surface area contributed by atoms with E-state index in [2.05, 4.69) is 14.4 Å². The van der Waals surface area contributed by atoms with Crippen LogP contribution < -0.4 is 0 Å². The molecule has 0 aliphatic carbocycles. The van der Waals surface area contributed by atoms with Crippen molar-refractivity contribution in [2.45, 2.75) is 18.4 Å². The van der Waals surface area contributed by atoms with E-state index in [0.29, 0.717) is 12.2 Å². The molecule has 0 atom stereocenters. The Hall–Kier alpha value is -1.46. The summed E-state index contributed by atoms with van der Waals surface area (Å²) in [5, 5.41) is -0.187. The van der Waals surface area contributed by atoms with Gasteiger partial charge in [0.05, 0.1) is 6.20 Å².